The lowest BCUT2D eigenvalue weighted by atomic mass is 9.86. The second-order valence-corrected chi connectivity index (χ2v) is 6.16. The number of hydrogen-bond acceptors (Lipinski definition) is 3. The lowest BCUT2D eigenvalue weighted by Gasteiger charge is -2.36. The van der Waals surface area contributed by atoms with Gasteiger partial charge in [-0.1, -0.05) is 0 Å². The monoisotopic (exact) mass is 303 g/mol. The summed E-state index contributed by atoms with van der Waals surface area (Å²) in [5.41, 5.74) is -0.204. The zero-order valence-corrected chi connectivity index (χ0v) is 13.2. The van der Waals surface area contributed by atoms with Gasteiger partial charge in [-0.15, -0.1) is 12.4 Å². The van der Waals surface area contributed by atoms with Crippen LogP contribution in [0.5, 0.6) is 0 Å². The molecule has 2 aliphatic rings. The number of likely N-dealkylation sites (tertiary alicyclic amines) is 1. The normalized spacial score (nSPS) is 27.0. The Morgan fingerprint density at radius 3 is 2.50 bits per heavy atom. The van der Waals surface area contributed by atoms with Gasteiger partial charge in [0.25, 0.3) is 0 Å². The second kappa shape index (κ2) is 7.27. The van der Waals surface area contributed by atoms with Crippen LogP contribution in [0, 0.1) is 11.3 Å². The molecule has 0 aliphatic carbocycles. The van der Waals surface area contributed by atoms with Gasteiger partial charge in [0.1, 0.15) is 0 Å². The largest absolute Gasteiger partial charge is 0.356 e. The van der Waals surface area contributed by atoms with Crippen LogP contribution in [0.1, 0.15) is 33.1 Å². The molecule has 0 aromatic carbocycles. The van der Waals surface area contributed by atoms with Gasteiger partial charge in [-0.2, -0.15) is 0 Å². The molecule has 1 unspecified atom stereocenters. The quantitative estimate of drug-likeness (QED) is 0.810. The van der Waals surface area contributed by atoms with Crippen molar-refractivity contribution < 1.29 is 9.59 Å². The van der Waals surface area contributed by atoms with Crippen molar-refractivity contribution >= 4 is 24.2 Å². The average molecular weight is 304 g/mol. The highest BCUT2D eigenvalue weighted by molar-refractivity contribution is 5.85. The summed E-state index contributed by atoms with van der Waals surface area (Å²) in [5.74, 6) is 0.848. The van der Waals surface area contributed by atoms with Gasteiger partial charge in [-0.05, 0) is 38.6 Å². The molecule has 6 heteroatoms. The van der Waals surface area contributed by atoms with Crippen molar-refractivity contribution in [3.05, 3.63) is 0 Å². The predicted molar refractivity (Wildman–Crippen MR) is 80.8 cm³/mol. The minimum atomic E-state index is -0.204. The molecule has 0 radical (unpaired) electrons. The molecule has 0 saturated carbocycles. The number of rotatable bonds is 3. The number of nitrogens with zero attached hydrogens (tertiary/aromatic N) is 1. The van der Waals surface area contributed by atoms with Gasteiger partial charge in [0, 0.05) is 33.1 Å². The van der Waals surface area contributed by atoms with Crippen LogP contribution in [-0.2, 0) is 9.59 Å². The van der Waals surface area contributed by atoms with E-state index in [0.29, 0.717) is 11.8 Å². The van der Waals surface area contributed by atoms with Crippen LogP contribution in [0.25, 0.3) is 0 Å². The van der Waals surface area contributed by atoms with Crippen LogP contribution in [0.4, 0.5) is 0 Å². The Kier molecular flexibility index (Phi) is 6.27. The van der Waals surface area contributed by atoms with E-state index in [4.69, 9.17) is 0 Å². The lowest BCUT2D eigenvalue weighted by Crippen LogP contribution is -2.48. The molecule has 0 aromatic rings. The smallest absolute Gasteiger partial charge is 0.229 e. The van der Waals surface area contributed by atoms with E-state index in [0.717, 1.165) is 52.0 Å². The number of piperidine rings is 1. The molecule has 1 atom stereocenters. The molecular formula is C14H26ClN3O2. The van der Waals surface area contributed by atoms with Crippen molar-refractivity contribution in [3.63, 3.8) is 0 Å². The third-order valence-corrected chi connectivity index (χ3v) is 4.43. The van der Waals surface area contributed by atoms with Crippen molar-refractivity contribution in [1.29, 1.82) is 0 Å². The second-order valence-electron chi connectivity index (χ2n) is 6.16. The molecule has 116 valence electrons. The van der Waals surface area contributed by atoms with Crippen LogP contribution in [0.3, 0.4) is 0 Å². The third-order valence-electron chi connectivity index (χ3n) is 4.43. The van der Waals surface area contributed by atoms with Crippen LogP contribution >= 0.6 is 12.4 Å². The first-order valence-corrected chi connectivity index (χ1v) is 7.26. The van der Waals surface area contributed by atoms with E-state index in [1.54, 1.807) is 6.92 Å². The third kappa shape index (κ3) is 4.09. The fraction of sp³-hybridized carbons (Fsp3) is 0.857. The Bertz CT molecular complexity index is 348. The molecule has 2 N–H and O–H groups in total. The minimum absolute atomic E-state index is 0. The number of halogens is 1. The first-order chi connectivity index (χ1) is 9.01. The van der Waals surface area contributed by atoms with Crippen molar-refractivity contribution in [2.75, 3.05) is 32.7 Å². The number of nitrogens with one attached hydrogen (secondary N) is 2. The van der Waals surface area contributed by atoms with Crippen LogP contribution < -0.4 is 10.6 Å². The number of amides is 2. The van der Waals surface area contributed by atoms with E-state index >= 15 is 0 Å². The fourth-order valence-corrected chi connectivity index (χ4v) is 3.01. The van der Waals surface area contributed by atoms with Gasteiger partial charge >= 0.3 is 0 Å². The van der Waals surface area contributed by atoms with Gasteiger partial charge in [-0.25, -0.2) is 0 Å². The van der Waals surface area contributed by atoms with Gasteiger partial charge in [0.05, 0.1) is 5.41 Å². The van der Waals surface area contributed by atoms with E-state index in [-0.39, 0.29) is 23.7 Å². The average Bonchev–Trinajstić information content (AvgIpc) is 2.84. The summed E-state index contributed by atoms with van der Waals surface area (Å²) in [4.78, 5) is 25.4. The van der Waals surface area contributed by atoms with E-state index in [9.17, 15) is 9.59 Å². The van der Waals surface area contributed by atoms with Crippen molar-refractivity contribution in [2.45, 2.75) is 33.1 Å². The molecule has 2 aliphatic heterocycles. The summed E-state index contributed by atoms with van der Waals surface area (Å²) < 4.78 is 0. The molecule has 2 amide bonds. The molecule has 2 saturated heterocycles. The van der Waals surface area contributed by atoms with Crippen molar-refractivity contribution in [2.24, 2.45) is 11.3 Å². The maximum Gasteiger partial charge on any atom is 0.229 e. The molecule has 0 bridgehead atoms. The molecule has 20 heavy (non-hydrogen) atoms. The summed E-state index contributed by atoms with van der Waals surface area (Å²) in [5, 5.41) is 6.15. The zero-order valence-electron chi connectivity index (χ0n) is 12.4. The van der Waals surface area contributed by atoms with Gasteiger partial charge < -0.3 is 15.5 Å². The van der Waals surface area contributed by atoms with E-state index in [1.807, 2.05) is 4.90 Å². The van der Waals surface area contributed by atoms with E-state index in [1.165, 1.54) is 0 Å². The molecule has 2 fully saturated rings. The maximum atomic E-state index is 12.5. The Morgan fingerprint density at radius 2 is 2.00 bits per heavy atom. The minimum Gasteiger partial charge on any atom is -0.356 e. The maximum absolute atomic E-state index is 12.5. The Balaban J connectivity index is 0.00000200. The summed E-state index contributed by atoms with van der Waals surface area (Å²) >= 11 is 0. The van der Waals surface area contributed by atoms with Gasteiger partial charge in [0.2, 0.25) is 11.8 Å². The van der Waals surface area contributed by atoms with E-state index < -0.39 is 0 Å². The highest BCUT2D eigenvalue weighted by Crippen LogP contribution is 2.29. The highest BCUT2D eigenvalue weighted by Gasteiger charge is 2.39. The summed E-state index contributed by atoms with van der Waals surface area (Å²) in [6.07, 6.45) is 2.93. The van der Waals surface area contributed by atoms with Gasteiger partial charge in [-0.3, -0.25) is 9.59 Å². The van der Waals surface area contributed by atoms with Crippen LogP contribution in [0.15, 0.2) is 0 Å². The first-order valence-electron chi connectivity index (χ1n) is 7.26. The zero-order chi connectivity index (χ0) is 13.9. The Hall–Kier alpha value is -0.810. The Morgan fingerprint density at radius 1 is 1.35 bits per heavy atom. The van der Waals surface area contributed by atoms with Crippen molar-refractivity contribution in [1.82, 2.24) is 15.5 Å². The number of carbonyl (C=O) groups is 2. The molecule has 0 aromatic heterocycles. The molecular weight excluding hydrogens is 278 g/mol. The van der Waals surface area contributed by atoms with Crippen molar-refractivity contribution in [3.8, 4) is 0 Å². The number of hydrogen-bond donors (Lipinski definition) is 2. The Labute approximate surface area is 127 Å². The fourth-order valence-electron chi connectivity index (χ4n) is 3.01. The summed E-state index contributed by atoms with van der Waals surface area (Å²) in [7, 11) is 0. The van der Waals surface area contributed by atoms with E-state index in [2.05, 4.69) is 17.6 Å². The molecule has 2 heterocycles. The standard InChI is InChI=1S/C14H25N3O2.ClH/c1-11(18)16-9-12-3-7-17(8-4-12)13(19)14(2)5-6-15-10-14;/h12,15H,3-10H2,1-2H3,(H,16,18);1H. The summed E-state index contributed by atoms with van der Waals surface area (Å²) in [6.45, 7) is 7.78. The lowest BCUT2D eigenvalue weighted by molar-refractivity contribution is -0.141. The molecule has 5 nitrogen and oxygen atoms in total. The van der Waals surface area contributed by atoms with Gasteiger partial charge in [0.15, 0.2) is 0 Å². The van der Waals surface area contributed by atoms with Crippen LogP contribution in [0.2, 0.25) is 0 Å². The first kappa shape index (κ1) is 17.2. The van der Waals surface area contributed by atoms with Crippen LogP contribution in [-0.4, -0.2) is 49.4 Å². The molecule has 0 spiro atoms. The predicted octanol–water partition coefficient (Wildman–Crippen LogP) is 0.782. The SMILES string of the molecule is CC(=O)NCC1CCN(C(=O)C2(C)CCNC2)CC1.Cl. The summed E-state index contributed by atoms with van der Waals surface area (Å²) in [6, 6.07) is 0. The molecule has 2 rings (SSSR count). The number of carbonyl (C=O) groups excluding carboxylic acids is 2. The highest BCUT2D eigenvalue weighted by atomic mass is 35.5. The topological polar surface area (TPSA) is 61.4 Å².